The van der Waals surface area contributed by atoms with Crippen LogP contribution in [-0.2, 0) is 61.4 Å². The Labute approximate surface area is 339 Å². The first-order valence-corrected chi connectivity index (χ1v) is 14.9. The van der Waals surface area contributed by atoms with E-state index in [9.17, 15) is 0 Å². The van der Waals surface area contributed by atoms with Crippen LogP contribution < -0.4 is 17.0 Å². The Bertz CT molecular complexity index is 953. The number of aryl methyl sites for hydroxylation is 3. The van der Waals surface area contributed by atoms with E-state index in [0.717, 1.165) is 32.1 Å². The molecule has 0 fully saturated rings. The number of benzene rings is 3. The number of rotatable bonds is 5. The quantitative estimate of drug-likeness (QED) is 0.136. The summed E-state index contributed by atoms with van der Waals surface area (Å²) in [7, 11) is 0. The third-order valence-electron chi connectivity index (χ3n) is 4.21. The van der Waals surface area contributed by atoms with Crippen molar-refractivity contribution in [3.05, 3.63) is 115 Å². The summed E-state index contributed by atoms with van der Waals surface area (Å²) < 4.78 is 0. The van der Waals surface area contributed by atoms with Crippen molar-refractivity contribution in [2.75, 3.05) is 0 Å². The first-order chi connectivity index (χ1) is 19.7. The van der Waals surface area contributed by atoms with E-state index >= 15 is 0 Å². The standard InChI is InChI=1S/C11H12.C10H10.C8H10.C3H3.4C2H6.CH4.BrH.Mg.2W/c1-2-3-5-8-11-9-6-4-7-10-11;1-2-3-7-10-8-5-4-6-9-10;1-2-8-6-4-3-5-7-8;1-3-2;4*1-2;;;;;/h4,6-7,9-10H,5,8H2,1H3;1,4-6,8-9H,3,7H2;3-7H,2H2,1H3;1H,2H2;4*1-2H3;1H4;1H;;;/q;;;-1;;;;;;;+2;;/p-1. The average Bonchev–Trinajstić information content (AvgIpc) is 3.06. The van der Waals surface area contributed by atoms with Gasteiger partial charge in [0.15, 0.2) is 0 Å². The Morgan fingerprint density at radius 3 is 1.07 bits per heavy atom. The van der Waals surface area contributed by atoms with E-state index in [1.165, 1.54) is 16.7 Å². The third kappa shape index (κ3) is 62.4. The fourth-order valence-corrected chi connectivity index (χ4v) is 2.55. The van der Waals surface area contributed by atoms with Gasteiger partial charge in [0, 0.05) is 55.0 Å². The third-order valence-corrected chi connectivity index (χ3v) is 4.21. The zero-order valence-corrected chi connectivity index (χ0v) is 38.3. The monoisotopic (exact) mass is 1030 g/mol. The summed E-state index contributed by atoms with van der Waals surface area (Å²) in [6.45, 7) is 23.1. The topological polar surface area (TPSA) is 0 Å². The number of terminal acetylenes is 2. The molecule has 0 aliphatic rings. The van der Waals surface area contributed by atoms with Crippen LogP contribution in [0.1, 0.15) is 106 Å². The van der Waals surface area contributed by atoms with E-state index in [1.54, 1.807) is 0 Å². The Balaban J connectivity index is -0.0000000423. The molecule has 0 aliphatic carbocycles. The van der Waals surface area contributed by atoms with Gasteiger partial charge in [-0.3, -0.25) is 0 Å². The maximum Gasteiger partial charge on any atom is 2.00 e. The van der Waals surface area contributed by atoms with Crippen LogP contribution in [0.4, 0.5) is 0 Å². The zero-order chi connectivity index (χ0) is 31.7. The summed E-state index contributed by atoms with van der Waals surface area (Å²) in [5.74, 6) is 10.6. The SMILES string of the molecule is C.C#CCCc1ccccc1.C#C[CH2-].CC.CC.CC.CC.CC#CCCc1ccccc1.CCc1ccccc1.[Br-].[Mg+2].[W].[W]. The van der Waals surface area contributed by atoms with E-state index < -0.39 is 0 Å². The minimum atomic E-state index is 0. The molecule has 0 spiro atoms. The van der Waals surface area contributed by atoms with Crippen molar-refractivity contribution >= 4 is 23.1 Å². The first kappa shape index (κ1) is 70.3. The van der Waals surface area contributed by atoms with E-state index in [2.05, 4.69) is 98.7 Å². The molecular formula is C41H63BrMgW2. The minimum Gasteiger partial charge on any atom is -1.00 e. The average molecular weight is 1030 g/mol. The molecule has 0 aromatic heterocycles. The molecular weight excluding hydrogens is 964 g/mol. The molecule has 3 aromatic carbocycles. The van der Waals surface area contributed by atoms with Crippen molar-refractivity contribution < 1.29 is 59.1 Å². The van der Waals surface area contributed by atoms with Gasteiger partial charge >= 0.3 is 23.1 Å². The molecule has 4 heteroatoms. The Morgan fingerprint density at radius 1 is 0.578 bits per heavy atom. The molecule has 0 heterocycles. The molecule has 45 heavy (non-hydrogen) atoms. The predicted octanol–water partition coefficient (Wildman–Crippen LogP) is 8.96. The molecule has 0 N–H and O–H groups in total. The van der Waals surface area contributed by atoms with Gasteiger partial charge in [0.2, 0.25) is 0 Å². The van der Waals surface area contributed by atoms with E-state index in [-0.39, 0.29) is 89.6 Å². The second-order valence-electron chi connectivity index (χ2n) is 6.65. The van der Waals surface area contributed by atoms with Crippen molar-refractivity contribution in [3.8, 4) is 36.5 Å². The van der Waals surface area contributed by atoms with Gasteiger partial charge in [0.1, 0.15) is 0 Å². The van der Waals surface area contributed by atoms with Crippen molar-refractivity contribution in [1.29, 1.82) is 0 Å². The molecule has 0 unspecified atom stereocenters. The van der Waals surface area contributed by atoms with Crippen molar-refractivity contribution in [1.82, 2.24) is 0 Å². The molecule has 0 nitrogen and oxygen atoms in total. The summed E-state index contributed by atoms with van der Waals surface area (Å²) in [6.07, 6.45) is 14.6. The number of halogens is 1. The van der Waals surface area contributed by atoms with Crippen LogP contribution in [0.15, 0.2) is 91.0 Å². The molecule has 0 aliphatic heterocycles. The largest absolute Gasteiger partial charge is 2.00 e. The van der Waals surface area contributed by atoms with Crippen LogP contribution in [0.2, 0.25) is 0 Å². The molecule has 3 aromatic rings. The van der Waals surface area contributed by atoms with Crippen LogP contribution in [0, 0.1) is 43.5 Å². The Morgan fingerprint density at radius 2 is 0.844 bits per heavy atom. The second kappa shape index (κ2) is 74.0. The van der Waals surface area contributed by atoms with E-state index in [1.807, 2.05) is 98.6 Å². The maximum atomic E-state index is 5.13. The van der Waals surface area contributed by atoms with Crippen molar-refractivity contribution in [2.45, 2.75) is 109 Å². The number of hydrogen-bond donors (Lipinski definition) is 0. The van der Waals surface area contributed by atoms with E-state index in [4.69, 9.17) is 6.42 Å². The van der Waals surface area contributed by atoms with Gasteiger partial charge in [-0.15, -0.1) is 24.2 Å². The molecule has 0 radical (unpaired) electrons. The first-order valence-electron chi connectivity index (χ1n) is 14.9. The van der Waals surface area contributed by atoms with Crippen LogP contribution in [0.25, 0.3) is 0 Å². The van der Waals surface area contributed by atoms with Crippen LogP contribution >= 0.6 is 0 Å². The summed E-state index contributed by atoms with van der Waals surface area (Å²) >= 11 is 0. The second-order valence-corrected chi connectivity index (χ2v) is 6.65. The molecule has 0 amide bonds. The molecule has 0 saturated carbocycles. The summed E-state index contributed by atoms with van der Waals surface area (Å²) in [5.41, 5.74) is 4.10. The van der Waals surface area contributed by atoms with E-state index in [0.29, 0.717) is 0 Å². The van der Waals surface area contributed by atoms with Crippen LogP contribution in [-0.4, -0.2) is 23.1 Å². The minimum absolute atomic E-state index is 0. The fraction of sp³-hybridized carbons (Fsp3) is 0.390. The van der Waals surface area contributed by atoms with Crippen molar-refractivity contribution in [3.63, 3.8) is 0 Å². The van der Waals surface area contributed by atoms with Gasteiger partial charge in [0.05, 0.1) is 0 Å². The van der Waals surface area contributed by atoms with Crippen LogP contribution in [0.5, 0.6) is 0 Å². The maximum absolute atomic E-state index is 5.13. The van der Waals surface area contributed by atoms with Crippen LogP contribution in [0.3, 0.4) is 0 Å². The van der Waals surface area contributed by atoms with Crippen molar-refractivity contribution in [2.24, 2.45) is 0 Å². The van der Waals surface area contributed by atoms with Gasteiger partial charge in [-0.05, 0) is 42.9 Å². The Kier molecular flexibility index (Phi) is 115. The Hall–Kier alpha value is -1.17. The number of hydrogen-bond acceptors (Lipinski definition) is 0. The normalized spacial score (nSPS) is 6.31. The fourth-order valence-electron chi connectivity index (χ4n) is 2.55. The zero-order valence-electron chi connectivity index (χ0n) is 29.5. The molecule has 3 rings (SSSR count). The summed E-state index contributed by atoms with van der Waals surface area (Å²) in [6, 6.07) is 31.2. The molecule has 248 valence electrons. The van der Waals surface area contributed by atoms with Gasteiger partial charge in [-0.2, -0.15) is 6.92 Å². The summed E-state index contributed by atoms with van der Waals surface area (Å²) in [5, 5.41) is 0. The van der Waals surface area contributed by atoms with Gasteiger partial charge in [-0.1, -0.05) is 161 Å². The summed E-state index contributed by atoms with van der Waals surface area (Å²) in [4.78, 5) is 0. The molecule has 0 bridgehead atoms. The molecule has 0 saturated heterocycles. The molecule has 0 atom stereocenters. The predicted molar refractivity (Wildman–Crippen MR) is 200 cm³/mol. The van der Waals surface area contributed by atoms with Gasteiger partial charge in [0.25, 0.3) is 0 Å². The van der Waals surface area contributed by atoms with Gasteiger partial charge < -0.3 is 29.3 Å². The van der Waals surface area contributed by atoms with Gasteiger partial charge in [-0.25, -0.2) is 0 Å². The smallest absolute Gasteiger partial charge is 1.00 e.